The van der Waals surface area contributed by atoms with Gasteiger partial charge in [-0.3, -0.25) is 0 Å². The molecule has 1 atom stereocenters. The Kier molecular flexibility index (Phi) is 3.09. The largest absolute Gasteiger partial charge is 0.303 e. The minimum atomic E-state index is 0.666. The van der Waals surface area contributed by atoms with E-state index in [0.717, 1.165) is 12.1 Å². The summed E-state index contributed by atoms with van der Waals surface area (Å²) >= 11 is 0. The van der Waals surface area contributed by atoms with Crippen LogP contribution in [0.5, 0.6) is 0 Å². The van der Waals surface area contributed by atoms with Gasteiger partial charge in [0, 0.05) is 18.6 Å². The van der Waals surface area contributed by atoms with E-state index in [1.165, 1.54) is 38.9 Å². The van der Waals surface area contributed by atoms with Gasteiger partial charge >= 0.3 is 0 Å². The summed E-state index contributed by atoms with van der Waals surface area (Å²) in [5.74, 6) is 0. The molecule has 0 aromatic rings. The average molecular weight is 210 g/mol. The molecule has 0 aromatic heterocycles. The first-order valence-corrected chi connectivity index (χ1v) is 6.47. The molecule has 2 aliphatic heterocycles. The maximum Gasteiger partial charge on any atom is 0.00698 e. The van der Waals surface area contributed by atoms with E-state index in [1.54, 1.807) is 0 Å². The van der Waals surface area contributed by atoms with E-state index in [9.17, 15) is 0 Å². The van der Waals surface area contributed by atoms with Crippen LogP contribution in [0, 0.1) is 5.41 Å². The van der Waals surface area contributed by atoms with E-state index in [2.05, 4.69) is 37.6 Å². The minimum absolute atomic E-state index is 0.666. The molecule has 0 saturated carbocycles. The van der Waals surface area contributed by atoms with Crippen LogP contribution >= 0.6 is 0 Å². The molecule has 2 heteroatoms. The van der Waals surface area contributed by atoms with Crippen LogP contribution in [0.4, 0.5) is 0 Å². The highest BCUT2D eigenvalue weighted by Gasteiger charge is 2.42. The topological polar surface area (TPSA) is 6.48 Å². The van der Waals surface area contributed by atoms with Crippen molar-refractivity contribution < 1.29 is 0 Å². The van der Waals surface area contributed by atoms with Crippen molar-refractivity contribution in [2.24, 2.45) is 5.41 Å². The number of rotatable bonds is 1. The second kappa shape index (κ2) is 4.06. The SMILES string of the molecule is CC1CC2(CCN(C(C)C)CC2)CN1C. The van der Waals surface area contributed by atoms with Crippen molar-refractivity contribution in [3.8, 4) is 0 Å². The van der Waals surface area contributed by atoms with Crippen molar-refractivity contribution in [1.82, 2.24) is 9.80 Å². The summed E-state index contributed by atoms with van der Waals surface area (Å²) in [5, 5.41) is 0. The van der Waals surface area contributed by atoms with Crippen LogP contribution in [0.15, 0.2) is 0 Å². The van der Waals surface area contributed by atoms with E-state index < -0.39 is 0 Å². The first-order valence-electron chi connectivity index (χ1n) is 6.47. The lowest BCUT2D eigenvalue weighted by atomic mass is 9.76. The van der Waals surface area contributed by atoms with Crippen LogP contribution in [0.1, 0.15) is 40.0 Å². The summed E-state index contributed by atoms with van der Waals surface area (Å²) in [4.78, 5) is 5.18. The molecule has 0 aliphatic carbocycles. The van der Waals surface area contributed by atoms with Gasteiger partial charge in [-0.1, -0.05) is 0 Å². The van der Waals surface area contributed by atoms with Crippen molar-refractivity contribution in [3.05, 3.63) is 0 Å². The molecule has 2 aliphatic rings. The van der Waals surface area contributed by atoms with E-state index in [0.29, 0.717) is 5.41 Å². The Bertz CT molecular complexity index is 205. The monoisotopic (exact) mass is 210 g/mol. The fourth-order valence-corrected chi connectivity index (χ4v) is 3.41. The molecule has 2 rings (SSSR count). The summed E-state index contributed by atoms with van der Waals surface area (Å²) in [6, 6.07) is 1.54. The minimum Gasteiger partial charge on any atom is -0.303 e. The van der Waals surface area contributed by atoms with Gasteiger partial charge in [0.05, 0.1) is 0 Å². The van der Waals surface area contributed by atoms with Crippen LogP contribution in [0.3, 0.4) is 0 Å². The molecule has 2 nitrogen and oxygen atoms in total. The molecule has 0 N–H and O–H groups in total. The van der Waals surface area contributed by atoms with Crippen LogP contribution in [-0.4, -0.2) is 48.6 Å². The Morgan fingerprint density at radius 3 is 2.20 bits per heavy atom. The quantitative estimate of drug-likeness (QED) is 0.654. The van der Waals surface area contributed by atoms with Crippen LogP contribution in [0.2, 0.25) is 0 Å². The molecule has 15 heavy (non-hydrogen) atoms. The Morgan fingerprint density at radius 2 is 1.80 bits per heavy atom. The number of hydrogen-bond donors (Lipinski definition) is 0. The van der Waals surface area contributed by atoms with E-state index >= 15 is 0 Å². The van der Waals surface area contributed by atoms with Gasteiger partial charge in [-0.05, 0) is 65.6 Å². The molecule has 1 unspecified atom stereocenters. The highest BCUT2D eigenvalue weighted by atomic mass is 15.2. The van der Waals surface area contributed by atoms with Gasteiger partial charge in [-0.25, -0.2) is 0 Å². The highest BCUT2D eigenvalue weighted by molar-refractivity contribution is 4.96. The van der Waals surface area contributed by atoms with Crippen molar-refractivity contribution in [2.45, 2.75) is 52.1 Å². The van der Waals surface area contributed by atoms with Gasteiger partial charge in [-0.2, -0.15) is 0 Å². The second-order valence-electron chi connectivity index (χ2n) is 6.10. The van der Waals surface area contributed by atoms with Crippen molar-refractivity contribution in [1.29, 1.82) is 0 Å². The molecule has 1 spiro atoms. The van der Waals surface area contributed by atoms with E-state index in [-0.39, 0.29) is 0 Å². The average Bonchev–Trinajstić information content (AvgIpc) is 2.43. The first-order chi connectivity index (χ1) is 7.02. The predicted octanol–water partition coefficient (Wildman–Crippen LogP) is 2.20. The zero-order chi connectivity index (χ0) is 11.1. The van der Waals surface area contributed by atoms with Crippen molar-refractivity contribution >= 4 is 0 Å². The van der Waals surface area contributed by atoms with Crippen LogP contribution < -0.4 is 0 Å². The lowest BCUT2D eigenvalue weighted by Gasteiger charge is -2.41. The van der Waals surface area contributed by atoms with Gasteiger partial charge in [-0.15, -0.1) is 0 Å². The zero-order valence-corrected chi connectivity index (χ0v) is 10.8. The lowest BCUT2D eigenvalue weighted by Crippen LogP contribution is -2.44. The van der Waals surface area contributed by atoms with E-state index in [1.807, 2.05) is 0 Å². The number of piperidine rings is 1. The molecule has 0 aromatic carbocycles. The Morgan fingerprint density at radius 1 is 1.20 bits per heavy atom. The third-order valence-corrected chi connectivity index (χ3v) is 4.65. The van der Waals surface area contributed by atoms with Gasteiger partial charge in [0.15, 0.2) is 0 Å². The number of likely N-dealkylation sites (tertiary alicyclic amines) is 2. The maximum absolute atomic E-state index is 2.63. The van der Waals surface area contributed by atoms with Crippen molar-refractivity contribution in [3.63, 3.8) is 0 Å². The molecular weight excluding hydrogens is 184 g/mol. The van der Waals surface area contributed by atoms with Gasteiger partial charge in [0.2, 0.25) is 0 Å². The molecule has 2 saturated heterocycles. The summed E-state index contributed by atoms with van der Waals surface area (Å²) in [7, 11) is 2.29. The summed E-state index contributed by atoms with van der Waals surface area (Å²) < 4.78 is 0. The molecule has 0 amide bonds. The number of nitrogens with zero attached hydrogens (tertiary/aromatic N) is 2. The predicted molar refractivity (Wildman–Crippen MR) is 65.1 cm³/mol. The fourth-order valence-electron chi connectivity index (χ4n) is 3.41. The molecular formula is C13H26N2. The smallest absolute Gasteiger partial charge is 0.00698 e. The van der Waals surface area contributed by atoms with Crippen molar-refractivity contribution in [2.75, 3.05) is 26.7 Å². The molecule has 88 valence electrons. The second-order valence-corrected chi connectivity index (χ2v) is 6.10. The molecule has 0 bridgehead atoms. The van der Waals surface area contributed by atoms with Crippen LogP contribution in [-0.2, 0) is 0 Å². The summed E-state index contributed by atoms with van der Waals surface area (Å²) in [6.07, 6.45) is 4.26. The number of hydrogen-bond acceptors (Lipinski definition) is 2. The highest BCUT2D eigenvalue weighted by Crippen LogP contribution is 2.42. The first kappa shape index (κ1) is 11.4. The third-order valence-electron chi connectivity index (χ3n) is 4.65. The van der Waals surface area contributed by atoms with Gasteiger partial charge < -0.3 is 9.80 Å². The molecule has 2 fully saturated rings. The van der Waals surface area contributed by atoms with Gasteiger partial charge in [0.1, 0.15) is 0 Å². The third kappa shape index (κ3) is 2.21. The van der Waals surface area contributed by atoms with E-state index in [4.69, 9.17) is 0 Å². The van der Waals surface area contributed by atoms with Crippen LogP contribution in [0.25, 0.3) is 0 Å². The Labute approximate surface area is 94.6 Å². The normalized spacial score (nSPS) is 33.0. The van der Waals surface area contributed by atoms with Gasteiger partial charge in [0.25, 0.3) is 0 Å². The molecule has 0 radical (unpaired) electrons. The maximum atomic E-state index is 2.63. The zero-order valence-electron chi connectivity index (χ0n) is 10.8. The Hall–Kier alpha value is -0.0800. The summed E-state index contributed by atoms with van der Waals surface area (Å²) in [5.41, 5.74) is 0.666. The Balaban J connectivity index is 1.93. The lowest BCUT2D eigenvalue weighted by molar-refractivity contribution is 0.0890. The standard InChI is InChI=1S/C13H26N2/c1-11(2)15-7-5-13(6-8-15)9-12(3)14(4)10-13/h11-12H,5-10H2,1-4H3. The fraction of sp³-hybridized carbons (Fsp3) is 1.00. The summed E-state index contributed by atoms with van der Waals surface area (Å²) in [6.45, 7) is 11.0. The molecule has 2 heterocycles.